The predicted octanol–water partition coefficient (Wildman–Crippen LogP) is 1.92. The van der Waals surface area contributed by atoms with Crippen LogP contribution in [0, 0.1) is 0 Å². The fourth-order valence-electron chi connectivity index (χ4n) is 0.726. The van der Waals surface area contributed by atoms with Crippen molar-refractivity contribution in [3.05, 3.63) is 11.8 Å². The van der Waals surface area contributed by atoms with E-state index in [2.05, 4.69) is 0 Å². The van der Waals surface area contributed by atoms with E-state index in [1.165, 1.54) is 6.92 Å². The molecule has 2 N–H and O–H groups in total. The van der Waals surface area contributed by atoms with Gasteiger partial charge in [0.1, 0.15) is 5.67 Å². The second-order valence-corrected chi connectivity index (χ2v) is 3.32. The molecule has 0 radical (unpaired) electrons. The Labute approximate surface area is 84.1 Å². The molecule has 0 fully saturated rings. The highest BCUT2D eigenvalue weighted by Gasteiger charge is 2.24. The van der Waals surface area contributed by atoms with E-state index in [1.807, 2.05) is 6.92 Å². The van der Waals surface area contributed by atoms with Gasteiger partial charge in [-0.1, -0.05) is 13.8 Å². The summed E-state index contributed by atoms with van der Waals surface area (Å²) < 4.78 is 18.2. The zero-order valence-corrected chi connectivity index (χ0v) is 8.97. The van der Waals surface area contributed by atoms with Crippen LogP contribution >= 0.6 is 0 Å². The number of rotatable bonds is 5. The average Bonchev–Trinajstić information content (AvgIpc) is 2.14. The lowest BCUT2D eigenvalue weighted by molar-refractivity contribution is -0.137. The monoisotopic (exact) mass is 203 g/mol. The van der Waals surface area contributed by atoms with Gasteiger partial charge < -0.3 is 10.5 Å². The summed E-state index contributed by atoms with van der Waals surface area (Å²) in [4.78, 5) is 11.0. The third kappa shape index (κ3) is 4.25. The predicted molar refractivity (Wildman–Crippen MR) is 53.3 cm³/mol. The van der Waals surface area contributed by atoms with Crippen LogP contribution in [0.4, 0.5) is 4.39 Å². The molecule has 0 aliphatic rings. The maximum atomic E-state index is 13.5. The highest BCUT2D eigenvalue weighted by atomic mass is 19.1. The molecule has 0 rings (SSSR count). The first-order valence-electron chi connectivity index (χ1n) is 4.77. The lowest BCUT2D eigenvalue weighted by atomic mass is 10.0. The molecule has 1 atom stereocenters. The molecule has 0 aliphatic carbocycles. The summed E-state index contributed by atoms with van der Waals surface area (Å²) in [5.74, 6) is -0.582. The Morgan fingerprint density at radius 3 is 2.57 bits per heavy atom. The molecule has 14 heavy (non-hydrogen) atoms. The molecule has 0 aromatic rings. The van der Waals surface area contributed by atoms with Crippen molar-refractivity contribution < 1.29 is 13.9 Å². The smallest absolute Gasteiger partial charge is 0.332 e. The largest absolute Gasteiger partial charge is 0.462 e. The molecule has 0 aliphatic heterocycles. The molecule has 0 bridgehead atoms. The van der Waals surface area contributed by atoms with E-state index in [0.717, 1.165) is 12.5 Å². The quantitative estimate of drug-likeness (QED) is 0.548. The Morgan fingerprint density at radius 1 is 1.57 bits per heavy atom. The number of alkyl halides is 1. The minimum Gasteiger partial charge on any atom is -0.462 e. The maximum Gasteiger partial charge on any atom is 0.332 e. The Kier molecular flexibility index (Phi) is 5.20. The van der Waals surface area contributed by atoms with E-state index in [-0.39, 0.29) is 12.1 Å². The Hall–Kier alpha value is -1.06. The van der Waals surface area contributed by atoms with Crippen LogP contribution in [0.3, 0.4) is 0 Å². The lowest BCUT2D eigenvalue weighted by Crippen LogP contribution is -2.27. The van der Waals surface area contributed by atoms with Crippen molar-refractivity contribution in [2.45, 2.75) is 39.3 Å². The number of nitrogens with two attached hydrogens (primary N) is 1. The first-order chi connectivity index (χ1) is 6.44. The number of allylic oxidation sites excluding steroid dienone is 1. The van der Waals surface area contributed by atoms with Crippen molar-refractivity contribution in [3.8, 4) is 0 Å². The van der Waals surface area contributed by atoms with E-state index in [4.69, 9.17) is 10.5 Å². The fourth-order valence-corrected chi connectivity index (χ4v) is 0.726. The second-order valence-electron chi connectivity index (χ2n) is 3.32. The van der Waals surface area contributed by atoms with Gasteiger partial charge in [0.2, 0.25) is 0 Å². The molecule has 82 valence electrons. The van der Waals surface area contributed by atoms with Gasteiger partial charge in [0.25, 0.3) is 0 Å². The number of hydrogen-bond donors (Lipinski definition) is 1. The molecule has 1 unspecified atom stereocenters. The summed E-state index contributed by atoms with van der Waals surface area (Å²) in [5.41, 5.74) is 3.70. The van der Waals surface area contributed by atoms with Crippen LogP contribution in [0.25, 0.3) is 0 Å². The standard InChI is InChI=1S/C10H18FNO2/c1-4-6-14-9(13)7-8(12)10(3,11)5-2/h7H,4-6,12H2,1-3H3. The lowest BCUT2D eigenvalue weighted by Gasteiger charge is -2.18. The van der Waals surface area contributed by atoms with Crippen molar-refractivity contribution in [3.63, 3.8) is 0 Å². The Morgan fingerprint density at radius 2 is 2.14 bits per heavy atom. The molecule has 0 heterocycles. The van der Waals surface area contributed by atoms with Crippen molar-refractivity contribution in [1.82, 2.24) is 0 Å². The van der Waals surface area contributed by atoms with Gasteiger partial charge in [-0.3, -0.25) is 0 Å². The third-order valence-electron chi connectivity index (χ3n) is 1.99. The zero-order valence-electron chi connectivity index (χ0n) is 8.97. The van der Waals surface area contributed by atoms with Crippen LogP contribution in [0.2, 0.25) is 0 Å². The van der Waals surface area contributed by atoms with Gasteiger partial charge >= 0.3 is 5.97 Å². The van der Waals surface area contributed by atoms with Crippen molar-refractivity contribution in [2.75, 3.05) is 6.61 Å². The van der Waals surface area contributed by atoms with E-state index in [0.29, 0.717) is 6.61 Å². The van der Waals surface area contributed by atoms with Gasteiger partial charge in [0.15, 0.2) is 0 Å². The summed E-state index contributed by atoms with van der Waals surface area (Å²) in [6, 6.07) is 0. The molecule has 0 amide bonds. The maximum absolute atomic E-state index is 13.5. The number of esters is 1. The van der Waals surface area contributed by atoms with Crippen LogP contribution in [-0.4, -0.2) is 18.2 Å². The van der Waals surface area contributed by atoms with E-state index in [1.54, 1.807) is 6.92 Å². The number of hydrogen-bond acceptors (Lipinski definition) is 3. The second kappa shape index (κ2) is 5.62. The van der Waals surface area contributed by atoms with Gasteiger partial charge in [-0.15, -0.1) is 0 Å². The van der Waals surface area contributed by atoms with Gasteiger partial charge in [0, 0.05) is 6.08 Å². The zero-order chi connectivity index (χ0) is 11.2. The van der Waals surface area contributed by atoms with Crippen LogP contribution in [0.15, 0.2) is 11.8 Å². The molecular weight excluding hydrogens is 185 g/mol. The summed E-state index contributed by atoms with van der Waals surface area (Å²) in [6.07, 6.45) is 1.98. The van der Waals surface area contributed by atoms with Crippen molar-refractivity contribution >= 4 is 5.97 Å². The highest BCUT2D eigenvalue weighted by Crippen LogP contribution is 2.21. The minimum absolute atomic E-state index is 0.0823. The number of ether oxygens (including phenoxy) is 1. The summed E-state index contributed by atoms with van der Waals surface area (Å²) in [5, 5.41) is 0. The van der Waals surface area contributed by atoms with Gasteiger partial charge in [-0.25, -0.2) is 9.18 Å². The van der Waals surface area contributed by atoms with E-state index >= 15 is 0 Å². The van der Waals surface area contributed by atoms with E-state index in [9.17, 15) is 9.18 Å². The summed E-state index contributed by atoms with van der Waals surface area (Å²) in [7, 11) is 0. The molecule has 0 aromatic heterocycles. The van der Waals surface area contributed by atoms with E-state index < -0.39 is 11.6 Å². The van der Waals surface area contributed by atoms with Crippen molar-refractivity contribution in [2.24, 2.45) is 5.73 Å². The third-order valence-corrected chi connectivity index (χ3v) is 1.99. The van der Waals surface area contributed by atoms with Crippen LogP contribution in [0.5, 0.6) is 0 Å². The fraction of sp³-hybridized carbons (Fsp3) is 0.700. The summed E-state index contributed by atoms with van der Waals surface area (Å²) >= 11 is 0. The molecule has 0 saturated heterocycles. The molecular formula is C10H18FNO2. The molecule has 0 spiro atoms. The molecule has 0 saturated carbocycles. The Bertz CT molecular complexity index is 224. The van der Waals surface area contributed by atoms with Crippen molar-refractivity contribution in [1.29, 1.82) is 0 Å². The van der Waals surface area contributed by atoms with Crippen LogP contribution in [-0.2, 0) is 9.53 Å². The minimum atomic E-state index is -1.63. The summed E-state index contributed by atoms with van der Waals surface area (Å²) in [6.45, 7) is 5.22. The van der Waals surface area contributed by atoms with Crippen LogP contribution < -0.4 is 5.73 Å². The number of carbonyl (C=O) groups is 1. The SMILES string of the molecule is CCCOC(=O)C=C(N)C(C)(F)CC. The first-order valence-corrected chi connectivity index (χ1v) is 4.77. The highest BCUT2D eigenvalue weighted by molar-refractivity contribution is 5.82. The molecule has 3 nitrogen and oxygen atoms in total. The average molecular weight is 203 g/mol. The normalized spacial score (nSPS) is 16.1. The molecule has 0 aromatic carbocycles. The first kappa shape index (κ1) is 12.9. The van der Waals surface area contributed by atoms with Gasteiger partial charge in [-0.2, -0.15) is 0 Å². The Balaban J connectivity index is 4.29. The van der Waals surface area contributed by atoms with Gasteiger partial charge in [-0.05, 0) is 19.8 Å². The molecule has 4 heteroatoms. The number of halogens is 1. The van der Waals surface area contributed by atoms with Gasteiger partial charge in [0.05, 0.1) is 12.3 Å². The topological polar surface area (TPSA) is 52.3 Å². The number of carbonyl (C=O) groups excluding carboxylic acids is 1. The van der Waals surface area contributed by atoms with Crippen LogP contribution in [0.1, 0.15) is 33.6 Å².